The number of benzene rings is 1. The molecule has 1 N–H and O–H groups in total. The zero-order valence-electron chi connectivity index (χ0n) is 8.93. The third-order valence-electron chi connectivity index (χ3n) is 1.82. The van der Waals surface area contributed by atoms with E-state index >= 15 is 0 Å². The highest BCUT2D eigenvalue weighted by Gasteiger charge is 2.05. The van der Waals surface area contributed by atoms with Crippen LogP contribution in [0.4, 0.5) is 0 Å². The van der Waals surface area contributed by atoms with Gasteiger partial charge in [0.15, 0.2) is 6.61 Å². The first-order valence-corrected chi connectivity index (χ1v) is 6.15. The summed E-state index contributed by atoms with van der Waals surface area (Å²) in [5, 5.41) is 3.20. The lowest BCUT2D eigenvalue weighted by molar-refractivity contribution is -0.123. The number of carbonyl (C=O) groups is 1. The fourth-order valence-electron chi connectivity index (χ4n) is 1.05. The molecule has 16 heavy (non-hydrogen) atoms. The molecule has 0 aliphatic rings. The lowest BCUT2D eigenvalue weighted by Crippen LogP contribution is -2.29. The van der Waals surface area contributed by atoms with E-state index in [9.17, 15) is 4.79 Å². The molecule has 1 aromatic carbocycles. The monoisotopic (exact) mass is 305 g/mol. The molecule has 0 saturated heterocycles. The molecule has 0 fully saturated rings. The third kappa shape index (κ3) is 4.41. The van der Waals surface area contributed by atoms with Crippen molar-refractivity contribution in [3.63, 3.8) is 0 Å². The Kier molecular flexibility index (Phi) is 5.63. The Labute approximate surface area is 108 Å². The Morgan fingerprint density at radius 1 is 1.56 bits per heavy atom. The van der Waals surface area contributed by atoms with Crippen molar-refractivity contribution in [2.45, 2.75) is 13.3 Å². The van der Waals surface area contributed by atoms with Gasteiger partial charge in [-0.1, -0.05) is 34.5 Å². The zero-order valence-corrected chi connectivity index (χ0v) is 11.3. The fraction of sp³-hybridized carbons (Fsp3) is 0.364. The van der Waals surface area contributed by atoms with Crippen molar-refractivity contribution in [1.29, 1.82) is 0 Å². The third-order valence-corrected chi connectivity index (χ3v) is 2.61. The molecule has 88 valence electrons. The van der Waals surface area contributed by atoms with Crippen LogP contribution in [-0.4, -0.2) is 19.1 Å². The average molecular weight is 307 g/mol. The van der Waals surface area contributed by atoms with Crippen molar-refractivity contribution in [2.24, 2.45) is 0 Å². The van der Waals surface area contributed by atoms with Crippen molar-refractivity contribution in [1.82, 2.24) is 5.32 Å². The maximum Gasteiger partial charge on any atom is 0.257 e. The lowest BCUT2D eigenvalue weighted by Gasteiger charge is -2.08. The highest BCUT2D eigenvalue weighted by molar-refractivity contribution is 9.10. The molecule has 0 aromatic heterocycles. The minimum absolute atomic E-state index is 0.0125. The van der Waals surface area contributed by atoms with Crippen LogP contribution in [0.2, 0.25) is 5.02 Å². The van der Waals surface area contributed by atoms with Crippen molar-refractivity contribution in [2.75, 3.05) is 13.2 Å². The van der Waals surface area contributed by atoms with Gasteiger partial charge in [0.1, 0.15) is 5.75 Å². The first-order chi connectivity index (χ1) is 7.63. The van der Waals surface area contributed by atoms with Gasteiger partial charge in [0.05, 0.1) is 5.02 Å². The first-order valence-electron chi connectivity index (χ1n) is 4.98. The van der Waals surface area contributed by atoms with Crippen LogP contribution in [-0.2, 0) is 4.79 Å². The summed E-state index contributed by atoms with van der Waals surface area (Å²) in [5.74, 6) is 0.373. The topological polar surface area (TPSA) is 38.3 Å². The molecular formula is C11H13BrClNO2. The SMILES string of the molecule is CCCNC(=O)COc1ccc(Br)cc1Cl. The van der Waals surface area contributed by atoms with Gasteiger partial charge in [-0.3, -0.25) is 4.79 Å². The van der Waals surface area contributed by atoms with Crippen LogP contribution in [0.15, 0.2) is 22.7 Å². The molecule has 0 spiro atoms. The molecule has 0 aliphatic heterocycles. The smallest absolute Gasteiger partial charge is 0.257 e. The molecule has 0 bridgehead atoms. The van der Waals surface area contributed by atoms with Gasteiger partial charge in [0.2, 0.25) is 0 Å². The standard InChI is InChI=1S/C11H13BrClNO2/c1-2-5-14-11(15)7-16-10-4-3-8(12)6-9(10)13/h3-4,6H,2,5,7H2,1H3,(H,14,15). The average Bonchev–Trinajstić information content (AvgIpc) is 2.25. The van der Waals surface area contributed by atoms with Gasteiger partial charge in [-0.2, -0.15) is 0 Å². The van der Waals surface area contributed by atoms with E-state index in [1.807, 2.05) is 13.0 Å². The van der Waals surface area contributed by atoms with E-state index in [1.54, 1.807) is 12.1 Å². The van der Waals surface area contributed by atoms with E-state index in [1.165, 1.54) is 0 Å². The molecule has 0 unspecified atom stereocenters. The van der Waals surface area contributed by atoms with Crippen molar-refractivity contribution >= 4 is 33.4 Å². The number of ether oxygens (including phenoxy) is 1. The molecule has 0 aliphatic carbocycles. The maximum atomic E-state index is 11.3. The van der Waals surface area contributed by atoms with Gasteiger partial charge < -0.3 is 10.1 Å². The lowest BCUT2D eigenvalue weighted by atomic mass is 10.3. The number of hydrogen-bond donors (Lipinski definition) is 1. The van der Waals surface area contributed by atoms with Gasteiger partial charge in [0, 0.05) is 11.0 Å². The molecule has 1 amide bonds. The fourth-order valence-corrected chi connectivity index (χ4v) is 1.78. The van der Waals surface area contributed by atoms with E-state index in [0.29, 0.717) is 17.3 Å². The van der Waals surface area contributed by atoms with Crippen LogP contribution >= 0.6 is 27.5 Å². The zero-order chi connectivity index (χ0) is 12.0. The second kappa shape index (κ2) is 6.76. The minimum Gasteiger partial charge on any atom is -0.482 e. The molecule has 3 nitrogen and oxygen atoms in total. The summed E-state index contributed by atoms with van der Waals surface area (Å²) in [4.78, 5) is 11.3. The largest absolute Gasteiger partial charge is 0.482 e. The highest BCUT2D eigenvalue weighted by atomic mass is 79.9. The molecular weight excluding hydrogens is 293 g/mol. The Morgan fingerprint density at radius 2 is 2.31 bits per heavy atom. The molecule has 0 saturated carbocycles. The van der Waals surface area contributed by atoms with Crippen molar-refractivity contribution < 1.29 is 9.53 Å². The Hall–Kier alpha value is -0.740. The second-order valence-electron chi connectivity index (χ2n) is 3.21. The van der Waals surface area contributed by atoms with Gasteiger partial charge in [0.25, 0.3) is 5.91 Å². The summed E-state index contributed by atoms with van der Waals surface area (Å²) in [6.07, 6.45) is 0.908. The van der Waals surface area contributed by atoms with Gasteiger partial charge in [-0.05, 0) is 24.6 Å². The molecule has 1 rings (SSSR count). The summed E-state index contributed by atoms with van der Waals surface area (Å²) < 4.78 is 6.16. The maximum absolute atomic E-state index is 11.3. The van der Waals surface area contributed by atoms with Crippen LogP contribution < -0.4 is 10.1 Å². The predicted octanol–water partition coefficient (Wildman–Crippen LogP) is 3.01. The Bertz CT molecular complexity index is 371. The molecule has 0 heterocycles. The molecule has 1 aromatic rings. The summed E-state index contributed by atoms with van der Waals surface area (Å²) >= 11 is 9.22. The van der Waals surface area contributed by atoms with Gasteiger partial charge >= 0.3 is 0 Å². The summed E-state index contributed by atoms with van der Waals surface area (Å²) in [5.41, 5.74) is 0. The molecule has 5 heteroatoms. The Balaban J connectivity index is 2.45. The first kappa shape index (κ1) is 13.3. The van der Waals surface area contributed by atoms with Crippen LogP contribution in [0.3, 0.4) is 0 Å². The van der Waals surface area contributed by atoms with Crippen LogP contribution in [0.1, 0.15) is 13.3 Å². The van der Waals surface area contributed by atoms with Gasteiger partial charge in [-0.25, -0.2) is 0 Å². The molecule has 0 atom stereocenters. The van der Waals surface area contributed by atoms with Crippen LogP contribution in [0.25, 0.3) is 0 Å². The number of rotatable bonds is 5. The van der Waals surface area contributed by atoms with E-state index in [-0.39, 0.29) is 12.5 Å². The van der Waals surface area contributed by atoms with E-state index in [2.05, 4.69) is 21.2 Å². The predicted molar refractivity (Wildman–Crippen MR) is 67.9 cm³/mol. The quantitative estimate of drug-likeness (QED) is 0.908. The Morgan fingerprint density at radius 3 is 2.94 bits per heavy atom. The summed E-state index contributed by atoms with van der Waals surface area (Å²) in [6, 6.07) is 5.26. The number of nitrogens with one attached hydrogen (secondary N) is 1. The van der Waals surface area contributed by atoms with E-state index in [4.69, 9.17) is 16.3 Å². The number of amides is 1. The summed E-state index contributed by atoms with van der Waals surface area (Å²) in [7, 11) is 0. The highest BCUT2D eigenvalue weighted by Crippen LogP contribution is 2.27. The number of hydrogen-bond acceptors (Lipinski definition) is 2. The van der Waals surface area contributed by atoms with E-state index in [0.717, 1.165) is 10.9 Å². The normalized spacial score (nSPS) is 9.94. The number of carbonyl (C=O) groups excluding carboxylic acids is 1. The second-order valence-corrected chi connectivity index (χ2v) is 4.54. The van der Waals surface area contributed by atoms with Crippen LogP contribution in [0, 0.1) is 0 Å². The van der Waals surface area contributed by atoms with Crippen molar-refractivity contribution in [3.8, 4) is 5.75 Å². The van der Waals surface area contributed by atoms with Crippen molar-refractivity contribution in [3.05, 3.63) is 27.7 Å². The van der Waals surface area contributed by atoms with Gasteiger partial charge in [-0.15, -0.1) is 0 Å². The van der Waals surface area contributed by atoms with E-state index < -0.39 is 0 Å². The number of halogens is 2. The summed E-state index contributed by atoms with van der Waals surface area (Å²) in [6.45, 7) is 2.64. The van der Waals surface area contributed by atoms with Crippen LogP contribution in [0.5, 0.6) is 5.75 Å². The molecule has 0 radical (unpaired) electrons. The minimum atomic E-state index is -0.138.